The highest BCUT2D eigenvalue weighted by Crippen LogP contribution is 2.21. The lowest BCUT2D eigenvalue weighted by molar-refractivity contribution is -0.138. The van der Waals surface area contributed by atoms with E-state index in [-0.39, 0.29) is 17.7 Å². The molecule has 2 heterocycles. The van der Waals surface area contributed by atoms with Gasteiger partial charge in [-0.05, 0) is 56.7 Å². The zero-order valence-corrected chi connectivity index (χ0v) is 21.3. The Bertz CT molecular complexity index is 1220. The summed E-state index contributed by atoms with van der Waals surface area (Å²) in [5, 5.41) is 8.94. The summed E-state index contributed by atoms with van der Waals surface area (Å²) < 4.78 is 5.25. The first-order valence-corrected chi connectivity index (χ1v) is 12.2. The topological polar surface area (TPSA) is 138 Å². The van der Waals surface area contributed by atoms with Crippen molar-refractivity contribution < 1.29 is 23.6 Å². The molecule has 1 aromatic carbocycles. The van der Waals surface area contributed by atoms with Crippen molar-refractivity contribution in [3.05, 3.63) is 40.2 Å². The van der Waals surface area contributed by atoms with Crippen molar-refractivity contribution in [2.24, 2.45) is 5.92 Å². The maximum atomic E-state index is 13.1. The molecule has 0 spiro atoms. The molecule has 10 heteroatoms. The number of anilines is 1. The van der Waals surface area contributed by atoms with Gasteiger partial charge in [0.15, 0.2) is 0 Å². The summed E-state index contributed by atoms with van der Waals surface area (Å²) >= 11 is 0. The molecule has 0 aliphatic carbocycles. The van der Waals surface area contributed by atoms with Crippen molar-refractivity contribution in [2.75, 3.05) is 11.9 Å². The predicted molar refractivity (Wildman–Crippen MR) is 135 cm³/mol. The van der Waals surface area contributed by atoms with E-state index in [4.69, 9.17) is 4.42 Å². The minimum Gasteiger partial charge on any atom is -0.423 e. The average molecular weight is 499 g/mol. The summed E-state index contributed by atoms with van der Waals surface area (Å²) in [6, 6.07) is 4.09. The maximum Gasteiger partial charge on any atom is 0.336 e. The van der Waals surface area contributed by atoms with Crippen molar-refractivity contribution in [1.82, 2.24) is 15.5 Å². The van der Waals surface area contributed by atoms with Crippen LogP contribution in [-0.2, 0) is 19.2 Å². The molecule has 36 heavy (non-hydrogen) atoms. The van der Waals surface area contributed by atoms with Crippen molar-refractivity contribution >= 4 is 40.3 Å². The van der Waals surface area contributed by atoms with Gasteiger partial charge in [0.05, 0.1) is 0 Å². The second-order valence-electron chi connectivity index (χ2n) is 9.74. The highest BCUT2D eigenvalue weighted by atomic mass is 16.4. The van der Waals surface area contributed by atoms with Crippen molar-refractivity contribution in [1.29, 1.82) is 0 Å². The number of nitrogens with zero attached hydrogens (tertiary/aromatic N) is 1. The van der Waals surface area contributed by atoms with E-state index < -0.39 is 35.6 Å². The molecule has 3 unspecified atom stereocenters. The Labute approximate surface area is 209 Å². The number of nitrogens with one attached hydrogen (secondary N) is 3. The van der Waals surface area contributed by atoms with Gasteiger partial charge in [-0.3, -0.25) is 19.2 Å². The summed E-state index contributed by atoms with van der Waals surface area (Å²) in [7, 11) is 0. The van der Waals surface area contributed by atoms with Crippen molar-refractivity contribution in [2.45, 2.75) is 72.0 Å². The zero-order chi connectivity index (χ0) is 26.6. The van der Waals surface area contributed by atoms with Crippen LogP contribution < -0.4 is 21.6 Å². The Kier molecular flexibility index (Phi) is 8.49. The number of fused-ring (bicyclic) bond motifs is 1. The minimum atomic E-state index is -0.896. The van der Waals surface area contributed by atoms with E-state index in [9.17, 15) is 24.0 Å². The second-order valence-corrected chi connectivity index (χ2v) is 9.74. The van der Waals surface area contributed by atoms with Crippen LogP contribution in [0, 0.1) is 12.8 Å². The Balaban J connectivity index is 1.67. The average Bonchev–Trinajstić information content (AvgIpc) is 3.28. The SMILES string of the molecule is CC(=O)N1CCCC1C(=O)NC(C)C(=O)NC(CC(C)C)C(=O)Nc1ccc2c(C)cc(=O)oc2c1. The van der Waals surface area contributed by atoms with E-state index in [0.29, 0.717) is 30.7 Å². The summed E-state index contributed by atoms with van der Waals surface area (Å²) in [6.45, 7) is 9.14. The molecule has 1 saturated heterocycles. The Morgan fingerprint density at radius 1 is 1.08 bits per heavy atom. The van der Waals surface area contributed by atoms with Gasteiger partial charge in [0.25, 0.3) is 0 Å². The quantitative estimate of drug-likeness (QED) is 0.477. The van der Waals surface area contributed by atoms with E-state index >= 15 is 0 Å². The third kappa shape index (κ3) is 6.50. The smallest absolute Gasteiger partial charge is 0.336 e. The molecule has 1 aliphatic heterocycles. The number of carbonyl (C=O) groups is 4. The fraction of sp³-hybridized carbons (Fsp3) is 0.500. The number of amides is 4. The molecule has 1 fully saturated rings. The highest BCUT2D eigenvalue weighted by molar-refractivity contribution is 6.00. The first-order valence-electron chi connectivity index (χ1n) is 12.2. The van der Waals surface area contributed by atoms with Crippen LogP contribution in [0.3, 0.4) is 0 Å². The standard InChI is InChI=1S/C26H34N4O6/c1-14(2)11-20(25(34)28-18-8-9-19-15(3)12-23(32)36-22(19)13-18)29-24(33)16(4)27-26(35)21-7-6-10-30(21)17(5)31/h8-9,12-14,16,20-21H,6-7,10-11H2,1-5H3,(H,27,35)(H,28,34)(H,29,33). The fourth-order valence-corrected chi connectivity index (χ4v) is 4.42. The van der Waals surface area contributed by atoms with Gasteiger partial charge in [0, 0.05) is 36.7 Å². The number of benzene rings is 1. The number of hydrogen-bond donors (Lipinski definition) is 3. The summed E-state index contributed by atoms with van der Waals surface area (Å²) in [5.74, 6) is -1.39. The lowest BCUT2D eigenvalue weighted by atomic mass is 10.0. The maximum absolute atomic E-state index is 13.1. The first-order chi connectivity index (χ1) is 17.0. The lowest BCUT2D eigenvalue weighted by Crippen LogP contribution is -2.54. The summed E-state index contributed by atoms with van der Waals surface area (Å²) in [5.41, 5.74) is 1.07. The Morgan fingerprint density at radius 3 is 2.47 bits per heavy atom. The number of hydrogen-bond acceptors (Lipinski definition) is 6. The molecular formula is C26H34N4O6. The molecule has 194 valence electrons. The Morgan fingerprint density at radius 2 is 1.81 bits per heavy atom. The monoisotopic (exact) mass is 498 g/mol. The number of likely N-dealkylation sites (tertiary alicyclic amines) is 1. The van der Waals surface area contributed by atoms with Crippen LogP contribution >= 0.6 is 0 Å². The molecular weight excluding hydrogens is 464 g/mol. The molecule has 2 aromatic rings. The van der Waals surface area contributed by atoms with Gasteiger partial charge >= 0.3 is 5.63 Å². The Hall–Kier alpha value is -3.69. The minimum absolute atomic E-state index is 0.103. The van der Waals surface area contributed by atoms with Gasteiger partial charge in [-0.2, -0.15) is 0 Å². The molecule has 3 atom stereocenters. The summed E-state index contributed by atoms with van der Waals surface area (Å²) in [6.07, 6.45) is 1.65. The number of rotatable bonds is 8. The zero-order valence-electron chi connectivity index (χ0n) is 21.3. The van der Waals surface area contributed by atoms with Crippen LogP contribution in [0.25, 0.3) is 11.0 Å². The van der Waals surface area contributed by atoms with Gasteiger partial charge in [0.2, 0.25) is 23.6 Å². The molecule has 10 nitrogen and oxygen atoms in total. The molecule has 3 rings (SSSR count). The molecule has 3 N–H and O–H groups in total. The van der Waals surface area contributed by atoms with Crippen molar-refractivity contribution in [3.8, 4) is 0 Å². The van der Waals surface area contributed by atoms with Gasteiger partial charge in [-0.1, -0.05) is 13.8 Å². The lowest BCUT2D eigenvalue weighted by Gasteiger charge is -2.25. The highest BCUT2D eigenvalue weighted by Gasteiger charge is 2.34. The molecule has 0 saturated carbocycles. The molecule has 4 amide bonds. The number of carbonyl (C=O) groups excluding carboxylic acids is 4. The summed E-state index contributed by atoms with van der Waals surface area (Å²) in [4.78, 5) is 63.6. The van der Waals surface area contributed by atoms with Gasteiger partial charge in [-0.15, -0.1) is 0 Å². The van der Waals surface area contributed by atoms with Crippen LogP contribution in [0.2, 0.25) is 0 Å². The third-order valence-electron chi connectivity index (χ3n) is 6.27. The normalized spacial score (nSPS) is 17.1. The van der Waals surface area contributed by atoms with Gasteiger partial charge in [0.1, 0.15) is 23.7 Å². The van der Waals surface area contributed by atoms with Crippen LogP contribution in [0.5, 0.6) is 0 Å². The molecule has 1 aliphatic rings. The van der Waals surface area contributed by atoms with E-state index in [1.807, 2.05) is 13.8 Å². The van der Waals surface area contributed by atoms with Crippen LogP contribution in [0.1, 0.15) is 52.5 Å². The van der Waals surface area contributed by atoms with Gasteiger partial charge in [-0.25, -0.2) is 4.79 Å². The first kappa shape index (κ1) is 26.9. The van der Waals surface area contributed by atoms with E-state index in [2.05, 4.69) is 16.0 Å². The molecule has 1 aromatic heterocycles. The third-order valence-corrected chi connectivity index (χ3v) is 6.27. The predicted octanol–water partition coefficient (Wildman–Crippen LogP) is 2.09. The van der Waals surface area contributed by atoms with E-state index in [0.717, 1.165) is 17.4 Å². The molecule has 0 radical (unpaired) electrons. The van der Waals surface area contributed by atoms with Crippen LogP contribution in [0.15, 0.2) is 33.5 Å². The van der Waals surface area contributed by atoms with Crippen LogP contribution in [-0.4, -0.2) is 53.2 Å². The molecule has 0 bridgehead atoms. The van der Waals surface area contributed by atoms with Crippen molar-refractivity contribution in [3.63, 3.8) is 0 Å². The van der Waals surface area contributed by atoms with E-state index in [1.165, 1.54) is 24.8 Å². The van der Waals surface area contributed by atoms with Crippen LogP contribution in [0.4, 0.5) is 5.69 Å². The number of aryl methyl sites for hydroxylation is 1. The van der Waals surface area contributed by atoms with Gasteiger partial charge < -0.3 is 25.3 Å². The van der Waals surface area contributed by atoms with E-state index in [1.54, 1.807) is 25.1 Å². The fourth-order valence-electron chi connectivity index (χ4n) is 4.42. The largest absolute Gasteiger partial charge is 0.423 e. The second kappa shape index (κ2) is 11.4.